The topological polar surface area (TPSA) is 52.1 Å². The van der Waals surface area contributed by atoms with Gasteiger partial charge in [-0.25, -0.2) is 9.97 Å². The highest BCUT2D eigenvalue weighted by atomic mass is 32.2. The summed E-state index contributed by atoms with van der Waals surface area (Å²) in [6.07, 6.45) is 3.27. The molecule has 0 aliphatic carbocycles. The number of thioether (sulfide) groups is 1. The lowest BCUT2D eigenvalue weighted by molar-refractivity contribution is -0.142. The van der Waals surface area contributed by atoms with Crippen LogP contribution in [0.15, 0.2) is 30.1 Å². The van der Waals surface area contributed by atoms with Gasteiger partial charge < -0.3 is 4.74 Å². The Hall–Kier alpha value is -1.36. The van der Waals surface area contributed by atoms with Crippen molar-refractivity contribution in [3.05, 3.63) is 30.7 Å². The first-order valence-corrected chi connectivity index (χ1v) is 5.39. The molecule has 0 saturated carbocycles. The van der Waals surface area contributed by atoms with E-state index in [1.807, 2.05) is 0 Å². The minimum Gasteiger partial charge on any atom is -0.459 e. The standard InChI is InChI=1S/C10H12N2O2S/c1-3-4-15-10-5-9(11-7-12-10)6-14-8(2)13/h3,5,7H,1,4,6H2,2H3. The lowest BCUT2D eigenvalue weighted by Crippen LogP contribution is -2.01. The molecule has 0 aliphatic rings. The van der Waals surface area contributed by atoms with Crippen molar-refractivity contribution in [2.24, 2.45) is 0 Å². The molecule has 0 unspecified atom stereocenters. The second-order valence-electron chi connectivity index (χ2n) is 2.73. The van der Waals surface area contributed by atoms with E-state index in [1.165, 1.54) is 13.3 Å². The quantitative estimate of drug-likeness (QED) is 0.330. The fourth-order valence-corrected chi connectivity index (χ4v) is 1.48. The number of esters is 1. The van der Waals surface area contributed by atoms with E-state index in [2.05, 4.69) is 16.5 Å². The second kappa shape index (κ2) is 6.19. The SMILES string of the molecule is C=CCSc1cc(COC(C)=O)ncn1. The van der Waals surface area contributed by atoms with Crippen molar-refractivity contribution in [3.63, 3.8) is 0 Å². The molecule has 0 aliphatic heterocycles. The van der Waals surface area contributed by atoms with E-state index >= 15 is 0 Å². The Balaban J connectivity index is 2.57. The van der Waals surface area contributed by atoms with Crippen molar-refractivity contribution >= 4 is 17.7 Å². The molecule has 0 aromatic carbocycles. The normalized spacial score (nSPS) is 9.67. The number of hydrogen-bond donors (Lipinski definition) is 0. The van der Waals surface area contributed by atoms with Gasteiger partial charge in [0, 0.05) is 12.7 Å². The number of carbonyl (C=O) groups excluding carboxylic acids is 1. The number of carbonyl (C=O) groups is 1. The second-order valence-corrected chi connectivity index (χ2v) is 3.77. The summed E-state index contributed by atoms with van der Waals surface area (Å²) < 4.78 is 4.83. The van der Waals surface area contributed by atoms with Gasteiger partial charge in [0.2, 0.25) is 0 Å². The molecule has 1 heterocycles. The van der Waals surface area contributed by atoms with Crippen LogP contribution in [-0.2, 0) is 16.1 Å². The molecular formula is C10H12N2O2S. The lowest BCUT2D eigenvalue weighted by Gasteiger charge is -2.02. The largest absolute Gasteiger partial charge is 0.459 e. The highest BCUT2D eigenvalue weighted by Crippen LogP contribution is 2.15. The van der Waals surface area contributed by atoms with Gasteiger partial charge >= 0.3 is 5.97 Å². The van der Waals surface area contributed by atoms with E-state index in [9.17, 15) is 4.79 Å². The maximum absolute atomic E-state index is 10.6. The van der Waals surface area contributed by atoms with Gasteiger partial charge in [0.15, 0.2) is 0 Å². The monoisotopic (exact) mass is 224 g/mol. The predicted molar refractivity (Wildman–Crippen MR) is 58.4 cm³/mol. The number of hydrogen-bond acceptors (Lipinski definition) is 5. The highest BCUT2D eigenvalue weighted by Gasteiger charge is 2.00. The van der Waals surface area contributed by atoms with Gasteiger partial charge in [-0.15, -0.1) is 18.3 Å². The Kier molecular flexibility index (Phi) is 4.83. The molecule has 80 valence electrons. The fraction of sp³-hybridized carbons (Fsp3) is 0.300. The zero-order valence-electron chi connectivity index (χ0n) is 8.47. The molecule has 1 aromatic heterocycles. The lowest BCUT2D eigenvalue weighted by atomic mass is 10.4. The summed E-state index contributed by atoms with van der Waals surface area (Å²) in [5.41, 5.74) is 0.701. The molecule has 0 amide bonds. The van der Waals surface area contributed by atoms with Crippen molar-refractivity contribution in [1.82, 2.24) is 9.97 Å². The molecule has 0 bridgehead atoms. The molecule has 0 saturated heterocycles. The molecule has 4 nitrogen and oxygen atoms in total. The van der Waals surface area contributed by atoms with Crippen LogP contribution in [0.25, 0.3) is 0 Å². The first kappa shape index (κ1) is 11.7. The van der Waals surface area contributed by atoms with Crippen molar-refractivity contribution in [2.75, 3.05) is 5.75 Å². The van der Waals surface area contributed by atoms with Gasteiger partial charge in [-0.05, 0) is 6.07 Å². The van der Waals surface area contributed by atoms with Crippen LogP contribution in [0, 0.1) is 0 Å². The first-order chi connectivity index (χ1) is 7.22. The van der Waals surface area contributed by atoms with Gasteiger partial charge in [-0.3, -0.25) is 4.79 Å². The van der Waals surface area contributed by atoms with Crippen LogP contribution < -0.4 is 0 Å². The number of ether oxygens (including phenoxy) is 1. The molecule has 0 atom stereocenters. The third-order valence-corrected chi connectivity index (χ3v) is 2.39. The molecule has 5 heteroatoms. The average Bonchev–Trinajstić information content (AvgIpc) is 2.24. The Labute approximate surface area is 92.8 Å². The van der Waals surface area contributed by atoms with Crippen molar-refractivity contribution in [3.8, 4) is 0 Å². The van der Waals surface area contributed by atoms with Crippen LogP contribution >= 0.6 is 11.8 Å². The predicted octanol–water partition coefficient (Wildman–Crippen LogP) is 1.82. The summed E-state index contributed by atoms with van der Waals surface area (Å²) in [6, 6.07) is 1.80. The van der Waals surface area contributed by atoms with Gasteiger partial charge in [-0.1, -0.05) is 6.08 Å². The zero-order valence-corrected chi connectivity index (χ0v) is 9.29. The summed E-state index contributed by atoms with van der Waals surface area (Å²) >= 11 is 1.56. The molecule has 1 aromatic rings. The van der Waals surface area contributed by atoms with E-state index < -0.39 is 0 Å². The van der Waals surface area contributed by atoms with Gasteiger partial charge in [-0.2, -0.15) is 0 Å². The molecule has 0 radical (unpaired) electrons. The molecule has 1 rings (SSSR count). The van der Waals surface area contributed by atoms with Crippen LogP contribution in [-0.4, -0.2) is 21.7 Å². The smallest absolute Gasteiger partial charge is 0.303 e. The minimum absolute atomic E-state index is 0.194. The minimum atomic E-state index is -0.311. The first-order valence-electron chi connectivity index (χ1n) is 4.40. The Morgan fingerprint density at radius 2 is 2.47 bits per heavy atom. The maximum Gasteiger partial charge on any atom is 0.303 e. The fourth-order valence-electron chi connectivity index (χ4n) is 0.855. The van der Waals surface area contributed by atoms with Gasteiger partial charge in [0.25, 0.3) is 0 Å². The van der Waals surface area contributed by atoms with Crippen LogP contribution in [0.1, 0.15) is 12.6 Å². The van der Waals surface area contributed by atoms with Gasteiger partial charge in [0.05, 0.1) is 5.69 Å². The van der Waals surface area contributed by atoms with Crippen LogP contribution in [0.3, 0.4) is 0 Å². The van der Waals surface area contributed by atoms with Crippen molar-refractivity contribution < 1.29 is 9.53 Å². The third-order valence-electron chi connectivity index (χ3n) is 1.47. The number of aromatic nitrogens is 2. The van der Waals surface area contributed by atoms with Crippen LogP contribution in [0.2, 0.25) is 0 Å². The van der Waals surface area contributed by atoms with E-state index in [0.29, 0.717) is 5.69 Å². The van der Waals surface area contributed by atoms with Crippen molar-refractivity contribution in [1.29, 1.82) is 0 Å². The van der Waals surface area contributed by atoms with E-state index in [1.54, 1.807) is 23.9 Å². The summed E-state index contributed by atoms with van der Waals surface area (Å²) in [7, 11) is 0. The van der Waals surface area contributed by atoms with Crippen LogP contribution in [0.4, 0.5) is 0 Å². The molecule has 0 N–H and O–H groups in total. The third kappa shape index (κ3) is 4.60. The van der Waals surface area contributed by atoms with E-state index in [-0.39, 0.29) is 12.6 Å². The van der Waals surface area contributed by atoms with E-state index in [4.69, 9.17) is 4.74 Å². The summed E-state index contributed by atoms with van der Waals surface area (Å²) in [5.74, 6) is 0.484. The van der Waals surface area contributed by atoms with E-state index in [0.717, 1.165) is 10.8 Å². The Bertz CT molecular complexity index is 355. The highest BCUT2D eigenvalue weighted by molar-refractivity contribution is 7.99. The van der Waals surface area contributed by atoms with Crippen molar-refractivity contribution in [2.45, 2.75) is 18.6 Å². The molecular weight excluding hydrogens is 212 g/mol. The average molecular weight is 224 g/mol. The van der Waals surface area contributed by atoms with Crippen LogP contribution in [0.5, 0.6) is 0 Å². The number of nitrogens with zero attached hydrogens (tertiary/aromatic N) is 2. The van der Waals surface area contributed by atoms with Gasteiger partial charge in [0.1, 0.15) is 18.0 Å². The zero-order chi connectivity index (χ0) is 11.1. The maximum atomic E-state index is 10.6. The number of rotatable bonds is 5. The summed E-state index contributed by atoms with van der Waals surface area (Å²) in [5, 5.41) is 0.854. The Morgan fingerprint density at radius 3 is 3.13 bits per heavy atom. The Morgan fingerprint density at radius 1 is 1.67 bits per heavy atom. The summed E-state index contributed by atoms with van der Waals surface area (Å²) in [6.45, 7) is 5.19. The molecule has 0 fully saturated rings. The molecule has 0 spiro atoms. The summed E-state index contributed by atoms with van der Waals surface area (Å²) in [4.78, 5) is 18.6. The molecule has 15 heavy (non-hydrogen) atoms.